The number of nitrogens with zero attached hydrogens (tertiary/aromatic N) is 5. The number of halogens is 3. The molecule has 3 heterocycles. The second-order valence-corrected chi connectivity index (χ2v) is 7.24. The van der Waals surface area contributed by atoms with Crippen LogP contribution in [0.5, 0.6) is 0 Å². The molecule has 3 amide bonds. The standard InChI is InChI=1S/C19H24F3N5O3/c1-2-24-8-11-27(18(30)17(24)29)13-16(28)26-7-3-6-25(9-10-26)15-5-4-14(12-23-15)19(20,21)22/h4-5,12H,2-3,6-11,13H2,1H3. The fraction of sp³-hybridized carbons (Fsp3) is 0.579. The first kappa shape index (κ1) is 21.8. The van der Waals surface area contributed by atoms with Gasteiger partial charge >= 0.3 is 18.0 Å². The van der Waals surface area contributed by atoms with Gasteiger partial charge in [-0.25, -0.2) is 4.98 Å². The molecule has 164 valence electrons. The molecule has 30 heavy (non-hydrogen) atoms. The smallest absolute Gasteiger partial charge is 0.355 e. The van der Waals surface area contributed by atoms with Gasteiger partial charge in [0.1, 0.15) is 12.4 Å². The van der Waals surface area contributed by atoms with Crippen LogP contribution in [-0.2, 0) is 20.6 Å². The van der Waals surface area contributed by atoms with E-state index in [0.717, 1.165) is 12.3 Å². The van der Waals surface area contributed by atoms with Crippen molar-refractivity contribution in [2.24, 2.45) is 0 Å². The van der Waals surface area contributed by atoms with E-state index in [0.29, 0.717) is 58.1 Å². The van der Waals surface area contributed by atoms with Gasteiger partial charge in [-0.1, -0.05) is 0 Å². The average Bonchev–Trinajstić information content (AvgIpc) is 2.97. The van der Waals surface area contributed by atoms with Crippen molar-refractivity contribution in [1.29, 1.82) is 0 Å². The average molecular weight is 427 g/mol. The van der Waals surface area contributed by atoms with E-state index in [1.807, 2.05) is 4.90 Å². The van der Waals surface area contributed by atoms with Crippen LogP contribution in [0.3, 0.4) is 0 Å². The Morgan fingerprint density at radius 2 is 1.70 bits per heavy atom. The fourth-order valence-electron chi connectivity index (χ4n) is 3.57. The number of hydrogen-bond acceptors (Lipinski definition) is 5. The molecule has 1 aromatic rings. The quantitative estimate of drug-likeness (QED) is 0.666. The second-order valence-electron chi connectivity index (χ2n) is 7.24. The van der Waals surface area contributed by atoms with Gasteiger partial charge in [-0.3, -0.25) is 14.4 Å². The maximum atomic E-state index is 12.7. The zero-order chi connectivity index (χ0) is 21.9. The Morgan fingerprint density at radius 3 is 2.33 bits per heavy atom. The molecule has 0 aromatic carbocycles. The number of likely N-dealkylation sites (N-methyl/N-ethyl adjacent to an activating group) is 1. The lowest BCUT2D eigenvalue weighted by atomic mass is 10.2. The Hall–Kier alpha value is -2.85. The highest BCUT2D eigenvalue weighted by atomic mass is 19.4. The fourth-order valence-corrected chi connectivity index (χ4v) is 3.57. The van der Waals surface area contributed by atoms with Crippen LogP contribution in [0.1, 0.15) is 18.9 Å². The maximum Gasteiger partial charge on any atom is 0.417 e. The number of hydrogen-bond donors (Lipinski definition) is 0. The third-order valence-electron chi connectivity index (χ3n) is 5.35. The largest absolute Gasteiger partial charge is 0.417 e. The highest BCUT2D eigenvalue weighted by Gasteiger charge is 2.34. The molecule has 2 aliphatic rings. The Morgan fingerprint density at radius 1 is 1.00 bits per heavy atom. The Kier molecular flexibility index (Phi) is 6.47. The zero-order valence-corrected chi connectivity index (χ0v) is 16.7. The van der Waals surface area contributed by atoms with Gasteiger partial charge in [-0.05, 0) is 25.5 Å². The predicted octanol–water partition coefficient (Wildman–Crippen LogP) is 0.830. The molecular weight excluding hydrogens is 403 g/mol. The summed E-state index contributed by atoms with van der Waals surface area (Å²) in [4.78, 5) is 46.9. The molecule has 0 spiro atoms. The lowest BCUT2D eigenvalue weighted by molar-refractivity contribution is -0.157. The van der Waals surface area contributed by atoms with Gasteiger partial charge in [-0.2, -0.15) is 13.2 Å². The van der Waals surface area contributed by atoms with Crippen molar-refractivity contribution in [3.63, 3.8) is 0 Å². The molecule has 0 atom stereocenters. The monoisotopic (exact) mass is 427 g/mol. The number of alkyl halides is 3. The van der Waals surface area contributed by atoms with Gasteiger partial charge < -0.3 is 19.6 Å². The molecule has 11 heteroatoms. The Bertz CT molecular complexity index is 800. The number of amides is 3. The van der Waals surface area contributed by atoms with E-state index in [1.165, 1.54) is 15.9 Å². The second kappa shape index (κ2) is 8.88. The molecule has 2 aliphatic heterocycles. The first-order valence-corrected chi connectivity index (χ1v) is 9.85. The number of carbonyl (C=O) groups excluding carboxylic acids is 3. The zero-order valence-electron chi connectivity index (χ0n) is 16.7. The molecule has 1 aromatic heterocycles. The summed E-state index contributed by atoms with van der Waals surface area (Å²) in [6.07, 6.45) is -3.01. The van der Waals surface area contributed by atoms with E-state index in [-0.39, 0.29) is 12.5 Å². The van der Waals surface area contributed by atoms with Crippen LogP contribution >= 0.6 is 0 Å². The molecule has 2 fully saturated rings. The van der Waals surface area contributed by atoms with Crippen LogP contribution in [0.4, 0.5) is 19.0 Å². The number of pyridine rings is 1. The van der Waals surface area contributed by atoms with E-state index < -0.39 is 23.6 Å². The van der Waals surface area contributed by atoms with Crippen LogP contribution in [0.25, 0.3) is 0 Å². The van der Waals surface area contributed by atoms with Crippen molar-refractivity contribution in [3.05, 3.63) is 23.9 Å². The molecule has 0 saturated carbocycles. The lowest BCUT2D eigenvalue weighted by Gasteiger charge is -2.33. The summed E-state index contributed by atoms with van der Waals surface area (Å²) in [7, 11) is 0. The highest BCUT2D eigenvalue weighted by molar-refractivity contribution is 6.35. The van der Waals surface area contributed by atoms with Gasteiger partial charge in [0, 0.05) is 52.0 Å². The number of piperazine rings is 1. The Balaban J connectivity index is 1.56. The number of rotatable bonds is 4. The third-order valence-corrected chi connectivity index (χ3v) is 5.35. The van der Waals surface area contributed by atoms with E-state index >= 15 is 0 Å². The summed E-state index contributed by atoms with van der Waals surface area (Å²) in [5.74, 6) is -1.08. The van der Waals surface area contributed by atoms with E-state index in [2.05, 4.69) is 4.98 Å². The van der Waals surface area contributed by atoms with Gasteiger partial charge in [-0.15, -0.1) is 0 Å². The Labute approximate surface area is 172 Å². The SMILES string of the molecule is CCN1CCN(CC(=O)N2CCCN(c3ccc(C(F)(F)F)cn3)CC2)C(=O)C1=O. The molecule has 8 nitrogen and oxygen atoms in total. The van der Waals surface area contributed by atoms with Gasteiger partial charge in [0.2, 0.25) is 5.91 Å². The van der Waals surface area contributed by atoms with Crippen LogP contribution < -0.4 is 4.90 Å². The normalized spacial score (nSPS) is 18.7. The highest BCUT2D eigenvalue weighted by Crippen LogP contribution is 2.29. The number of anilines is 1. The summed E-state index contributed by atoms with van der Waals surface area (Å²) in [5, 5.41) is 0. The molecule has 0 radical (unpaired) electrons. The predicted molar refractivity (Wildman–Crippen MR) is 101 cm³/mol. The molecule has 3 rings (SSSR count). The van der Waals surface area contributed by atoms with Crippen molar-refractivity contribution in [2.75, 3.05) is 57.3 Å². The molecule has 0 bridgehead atoms. The third kappa shape index (κ3) is 4.82. The molecule has 0 N–H and O–H groups in total. The van der Waals surface area contributed by atoms with Gasteiger partial charge in [0.15, 0.2) is 0 Å². The summed E-state index contributed by atoms with van der Waals surface area (Å²) >= 11 is 0. The summed E-state index contributed by atoms with van der Waals surface area (Å²) in [5.41, 5.74) is -0.805. The van der Waals surface area contributed by atoms with Crippen molar-refractivity contribution >= 4 is 23.5 Å². The van der Waals surface area contributed by atoms with Crippen molar-refractivity contribution in [2.45, 2.75) is 19.5 Å². The minimum atomic E-state index is -4.44. The lowest BCUT2D eigenvalue weighted by Crippen LogP contribution is -2.56. The number of carbonyl (C=O) groups is 3. The van der Waals surface area contributed by atoms with Crippen molar-refractivity contribution < 1.29 is 27.6 Å². The van der Waals surface area contributed by atoms with E-state index in [4.69, 9.17) is 0 Å². The topological polar surface area (TPSA) is 77.1 Å². The maximum absolute atomic E-state index is 12.7. The van der Waals surface area contributed by atoms with Crippen LogP contribution in [0.2, 0.25) is 0 Å². The minimum Gasteiger partial charge on any atom is -0.355 e. The molecule has 2 saturated heterocycles. The van der Waals surface area contributed by atoms with Crippen LogP contribution in [-0.4, -0.2) is 89.8 Å². The number of aromatic nitrogens is 1. The molecular formula is C19H24F3N5O3. The minimum absolute atomic E-state index is 0.152. The molecule has 0 unspecified atom stereocenters. The first-order chi connectivity index (χ1) is 14.2. The first-order valence-electron chi connectivity index (χ1n) is 9.85. The van der Waals surface area contributed by atoms with E-state index in [1.54, 1.807) is 11.8 Å². The molecule has 0 aliphatic carbocycles. The van der Waals surface area contributed by atoms with Gasteiger partial charge in [0.05, 0.1) is 5.56 Å². The van der Waals surface area contributed by atoms with Crippen LogP contribution in [0, 0.1) is 0 Å². The summed E-state index contributed by atoms with van der Waals surface area (Å²) in [6.45, 7) is 4.61. The van der Waals surface area contributed by atoms with Crippen molar-refractivity contribution in [3.8, 4) is 0 Å². The summed E-state index contributed by atoms with van der Waals surface area (Å²) < 4.78 is 38.1. The van der Waals surface area contributed by atoms with Gasteiger partial charge in [0.25, 0.3) is 0 Å². The van der Waals surface area contributed by atoms with Crippen LogP contribution in [0.15, 0.2) is 18.3 Å². The van der Waals surface area contributed by atoms with E-state index in [9.17, 15) is 27.6 Å². The summed E-state index contributed by atoms with van der Waals surface area (Å²) in [6, 6.07) is 2.33. The van der Waals surface area contributed by atoms with Crippen molar-refractivity contribution in [1.82, 2.24) is 19.7 Å².